The molecule has 0 saturated carbocycles. The van der Waals surface area contributed by atoms with E-state index < -0.39 is 11.2 Å². The molecule has 0 aliphatic carbocycles. The van der Waals surface area contributed by atoms with Crippen LogP contribution in [0.4, 0.5) is 4.39 Å². The Bertz CT molecular complexity index is 1220. The summed E-state index contributed by atoms with van der Waals surface area (Å²) >= 11 is 0. The zero-order chi connectivity index (χ0) is 18.4. The van der Waals surface area contributed by atoms with Gasteiger partial charge in [0.05, 0.1) is 6.54 Å². The Balaban J connectivity index is 2.05. The van der Waals surface area contributed by atoms with Crippen LogP contribution in [0.25, 0.3) is 17.1 Å². The average Bonchev–Trinajstić information content (AvgIpc) is 3.28. The van der Waals surface area contributed by atoms with Crippen molar-refractivity contribution in [2.45, 2.75) is 6.54 Å². The van der Waals surface area contributed by atoms with Crippen molar-refractivity contribution in [2.75, 3.05) is 0 Å². The predicted molar refractivity (Wildman–Crippen MR) is 92.8 cm³/mol. The van der Waals surface area contributed by atoms with Crippen molar-refractivity contribution >= 4 is 11.2 Å². The number of rotatable bonds is 3. The first-order chi connectivity index (χ1) is 12.5. The molecule has 4 rings (SSSR count). The van der Waals surface area contributed by atoms with E-state index in [9.17, 15) is 14.0 Å². The summed E-state index contributed by atoms with van der Waals surface area (Å²) in [5, 5.41) is 0. The van der Waals surface area contributed by atoms with Crippen LogP contribution in [0.5, 0.6) is 0 Å². The number of benzene rings is 1. The van der Waals surface area contributed by atoms with Crippen LogP contribution in [0, 0.1) is 5.82 Å². The van der Waals surface area contributed by atoms with E-state index in [-0.39, 0.29) is 18.0 Å². The largest absolute Gasteiger partial charge is 0.332 e. The van der Waals surface area contributed by atoms with Crippen LogP contribution in [0.2, 0.25) is 0 Å². The number of aryl methyl sites for hydroxylation is 1. The fraction of sp³-hybridized carbons (Fsp3) is 0.176. The summed E-state index contributed by atoms with van der Waals surface area (Å²) in [7, 11) is 2.99. The summed E-state index contributed by atoms with van der Waals surface area (Å²) in [6.07, 6.45) is 4.86. The van der Waals surface area contributed by atoms with Gasteiger partial charge in [-0.2, -0.15) is 4.98 Å². The molecule has 0 amide bonds. The lowest BCUT2D eigenvalue weighted by atomic mass is 10.2. The van der Waals surface area contributed by atoms with E-state index in [1.807, 2.05) is 0 Å². The number of hydrogen-bond acceptors (Lipinski definition) is 4. The van der Waals surface area contributed by atoms with Gasteiger partial charge in [-0.1, -0.05) is 12.1 Å². The highest BCUT2D eigenvalue weighted by Gasteiger charge is 2.20. The van der Waals surface area contributed by atoms with Crippen molar-refractivity contribution in [1.82, 2.24) is 28.2 Å². The van der Waals surface area contributed by atoms with Crippen LogP contribution in [-0.4, -0.2) is 28.2 Å². The quantitative estimate of drug-likeness (QED) is 0.545. The Kier molecular flexibility index (Phi) is 3.57. The van der Waals surface area contributed by atoms with Crippen LogP contribution in [0.1, 0.15) is 5.56 Å². The van der Waals surface area contributed by atoms with E-state index in [0.717, 1.165) is 10.1 Å². The fourth-order valence-corrected chi connectivity index (χ4v) is 2.93. The maximum absolute atomic E-state index is 13.2. The molecule has 0 N–H and O–H groups in total. The zero-order valence-electron chi connectivity index (χ0n) is 14.1. The summed E-state index contributed by atoms with van der Waals surface area (Å²) < 4.78 is 18.9. The predicted octanol–water partition coefficient (Wildman–Crippen LogP) is 0.807. The summed E-state index contributed by atoms with van der Waals surface area (Å²) in [5.74, 6) is 0.109. The molecule has 26 heavy (non-hydrogen) atoms. The molecule has 4 aromatic rings. The third-order valence-electron chi connectivity index (χ3n) is 4.32. The normalized spacial score (nSPS) is 11.3. The lowest BCUT2D eigenvalue weighted by molar-refractivity contribution is 0.626. The van der Waals surface area contributed by atoms with Crippen molar-refractivity contribution < 1.29 is 4.39 Å². The van der Waals surface area contributed by atoms with Gasteiger partial charge in [0.2, 0.25) is 5.95 Å². The van der Waals surface area contributed by atoms with E-state index in [1.54, 1.807) is 47.0 Å². The fourth-order valence-electron chi connectivity index (χ4n) is 2.93. The first-order valence-corrected chi connectivity index (χ1v) is 7.86. The summed E-state index contributed by atoms with van der Waals surface area (Å²) in [5.41, 5.74) is 0.477. The number of halogens is 1. The molecule has 0 unspecified atom stereocenters. The molecule has 0 atom stereocenters. The summed E-state index contributed by atoms with van der Waals surface area (Å²) in [6, 6.07) is 6.01. The Morgan fingerprint density at radius 3 is 2.46 bits per heavy atom. The van der Waals surface area contributed by atoms with Gasteiger partial charge in [0.25, 0.3) is 5.56 Å². The second-order valence-corrected chi connectivity index (χ2v) is 5.97. The number of hydrogen-bond donors (Lipinski definition) is 0. The van der Waals surface area contributed by atoms with Crippen molar-refractivity contribution in [2.24, 2.45) is 14.1 Å². The lowest BCUT2D eigenvalue weighted by Crippen LogP contribution is -2.37. The Morgan fingerprint density at radius 1 is 1.08 bits per heavy atom. The monoisotopic (exact) mass is 354 g/mol. The topological polar surface area (TPSA) is 79.6 Å². The van der Waals surface area contributed by atoms with E-state index in [2.05, 4.69) is 9.97 Å². The first-order valence-electron chi connectivity index (χ1n) is 7.86. The SMILES string of the molecule is Cn1c(=O)c2c(nc(-n3ccnc3)n2Cc2ccc(F)cc2)n(C)c1=O. The third kappa shape index (κ3) is 2.36. The molecule has 0 aliphatic heterocycles. The number of imidazole rings is 2. The van der Waals surface area contributed by atoms with E-state index in [1.165, 1.54) is 23.7 Å². The number of aromatic nitrogens is 6. The maximum Gasteiger partial charge on any atom is 0.332 e. The van der Waals surface area contributed by atoms with Crippen LogP contribution in [0.15, 0.2) is 52.6 Å². The molecule has 0 bridgehead atoms. The number of fused-ring (bicyclic) bond motifs is 1. The summed E-state index contributed by atoms with van der Waals surface area (Å²) in [4.78, 5) is 33.5. The molecular formula is C17H15FN6O2. The molecular weight excluding hydrogens is 339 g/mol. The smallest absolute Gasteiger partial charge is 0.299 e. The highest BCUT2D eigenvalue weighted by atomic mass is 19.1. The Hall–Kier alpha value is -3.49. The van der Waals surface area contributed by atoms with Gasteiger partial charge < -0.3 is 0 Å². The highest BCUT2D eigenvalue weighted by Crippen LogP contribution is 2.17. The number of nitrogens with zero attached hydrogens (tertiary/aromatic N) is 6. The van der Waals surface area contributed by atoms with Gasteiger partial charge in [-0.05, 0) is 17.7 Å². The minimum atomic E-state index is -0.453. The van der Waals surface area contributed by atoms with Crippen molar-refractivity contribution in [3.8, 4) is 5.95 Å². The standard InChI is InChI=1S/C17H15FN6O2/c1-21-14-13(15(25)22(2)17(21)26)24(9-11-3-5-12(18)6-4-11)16(20-14)23-8-7-19-10-23/h3-8,10H,9H2,1-2H3. The van der Waals surface area contributed by atoms with Gasteiger partial charge in [-0.3, -0.25) is 23.1 Å². The van der Waals surface area contributed by atoms with Gasteiger partial charge in [0.1, 0.15) is 12.1 Å². The van der Waals surface area contributed by atoms with Crippen molar-refractivity contribution in [3.63, 3.8) is 0 Å². The molecule has 0 fully saturated rings. The highest BCUT2D eigenvalue weighted by molar-refractivity contribution is 5.72. The van der Waals surface area contributed by atoms with Gasteiger partial charge in [-0.25, -0.2) is 14.2 Å². The molecule has 0 aliphatic rings. The second kappa shape index (κ2) is 5.80. The average molecular weight is 354 g/mol. The van der Waals surface area contributed by atoms with Crippen LogP contribution in [0.3, 0.4) is 0 Å². The molecule has 132 valence electrons. The Labute approximate surface area is 146 Å². The van der Waals surface area contributed by atoms with Gasteiger partial charge in [0, 0.05) is 26.5 Å². The van der Waals surface area contributed by atoms with E-state index in [4.69, 9.17) is 0 Å². The minimum absolute atomic E-state index is 0.281. The van der Waals surface area contributed by atoms with Gasteiger partial charge >= 0.3 is 5.69 Å². The van der Waals surface area contributed by atoms with Crippen molar-refractivity contribution in [1.29, 1.82) is 0 Å². The minimum Gasteiger partial charge on any atom is -0.299 e. The molecule has 1 aromatic carbocycles. The molecule has 0 spiro atoms. The molecule has 3 heterocycles. The second-order valence-electron chi connectivity index (χ2n) is 5.97. The third-order valence-corrected chi connectivity index (χ3v) is 4.32. The van der Waals surface area contributed by atoms with Crippen LogP contribution >= 0.6 is 0 Å². The maximum atomic E-state index is 13.2. The lowest BCUT2D eigenvalue weighted by Gasteiger charge is -2.10. The zero-order valence-corrected chi connectivity index (χ0v) is 14.1. The molecule has 8 nitrogen and oxygen atoms in total. The first kappa shape index (κ1) is 16.0. The molecule has 9 heteroatoms. The van der Waals surface area contributed by atoms with E-state index >= 15 is 0 Å². The van der Waals surface area contributed by atoms with E-state index in [0.29, 0.717) is 11.5 Å². The Morgan fingerprint density at radius 2 is 1.81 bits per heavy atom. The molecule has 0 radical (unpaired) electrons. The summed E-state index contributed by atoms with van der Waals surface area (Å²) in [6.45, 7) is 0.289. The van der Waals surface area contributed by atoms with Crippen LogP contribution < -0.4 is 11.2 Å². The molecule has 0 saturated heterocycles. The van der Waals surface area contributed by atoms with Crippen LogP contribution in [-0.2, 0) is 20.6 Å². The van der Waals surface area contributed by atoms with Crippen molar-refractivity contribution in [3.05, 3.63) is 75.2 Å². The molecule has 3 aromatic heterocycles. The van der Waals surface area contributed by atoms with Gasteiger partial charge in [-0.15, -0.1) is 0 Å². The van der Waals surface area contributed by atoms with Gasteiger partial charge in [0.15, 0.2) is 11.2 Å².